The summed E-state index contributed by atoms with van der Waals surface area (Å²) < 4.78 is 5.08. The third-order valence-corrected chi connectivity index (χ3v) is 2.36. The molecular formula is C12H15N3O2. The molecular weight excluding hydrogens is 218 g/mol. The second-order valence-electron chi connectivity index (χ2n) is 4.06. The van der Waals surface area contributed by atoms with Gasteiger partial charge in [-0.15, -0.1) is 0 Å². The van der Waals surface area contributed by atoms with Gasteiger partial charge in [-0.05, 0) is 19.9 Å². The summed E-state index contributed by atoms with van der Waals surface area (Å²) in [5, 5.41) is 13.7. The number of aromatic hydroxyl groups is 1. The van der Waals surface area contributed by atoms with Gasteiger partial charge < -0.3 is 15.2 Å². The molecule has 2 rings (SSSR count). The molecule has 0 bridgehead atoms. The van der Waals surface area contributed by atoms with E-state index in [0.717, 1.165) is 11.2 Å². The fraction of sp³-hybridized carbons (Fsp3) is 0.333. The highest BCUT2D eigenvalue weighted by Crippen LogP contribution is 2.32. The van der Waals surface area contributed by atoms with Crippen molar-refractivity contribution in [2.75, 3.05) is 12.4 Å². The summed E-state index contributed by atoms with van der Waals surface area (Å²) in [4.78, 5) is 8.31. The summed E-state index contributed by atoms with van der Waals surface area (Å²) in [6.45, 7) is 4.07. The lowest BCUT2D eigenvalue weighted by Gasteiger charge is -2.12. The Bertz CT molecular complexity index is 541. The Morgan fingerprint density at radius 2 is 2.06 bits per heavy atom. The van der Waals surface area contributed by atoms with Crippen molar-refractivity contribution in [3.05, 3.63) is 18.5 Å². The van der Waals surface area contributed by atoms with E-state index in [-0.39, 0.29) is 11.8 Å². The number of ether oxygens (including phenoxy) is 1. The number of nitrogens with zero attached hydrogens (tertiary/aromatic N) is 2. The maximum atomic E-state index is 9.68. The molecule has 0 radical (unpaired) electrons. The largest absolute Gasteiger partial charge is 0.504 e. The minimum Gasteiger partial charge on any atom is -0.504 e. The molecule has 1 aromatic carbocycles. The van der Waals surface area contributed by atoms with Crippen LogP contribution in [0.5, 0.6) is 11.5 Å². The van der Waals surface area contributed by atoms with Gasteiger partial charge in [-0.3, -0.25) is 0 Å². The zero-order chi connectivity index (χ0) is 12.4. The van der Waals surface area contributed by atoms with Crippen molar-refractivity contribution in [3.63, 3.8) is 0 Å². The average Bonchev–Trinajstić information content (AvgIpc) is 2.27. The van der Waals surface area contributed by atoms with E-state index in [9.17, 15) is 5.11 Å². The molecule has 0 aliphatic rings. The highest BCUT2D eigenvalue weighted by Gasteiger charge is 2.09. The van der Waals surface area contributed by atoms with Crippen molar-refractivity contribution in [2.45, 2.75) is 19.9 Å². The maximum absolute atomic E-state index is 9.68. The highest BCUT2D eigenvalue weighted by molar-refractivity contribution is 5.91. The Hall–Kier alpha value is -2.04. The zero-order valence-corrected chi connectivity index (χ0v) is 10.1. The van der Waals surface area contributed by atoms with Crippen LogP contribution in [0.25, 0.3) is 10.9 Å². The van der Waals surface area contributed by atoms with Crippen LogP contribution in [-0.2, 0) is 0 Å². The van der Waals surface area contributed by atoms with Crippen molar-refractivity contribution in [1.82, 2.24) is 9.97 Å². The Morgan fingerprint density at radius 1 is 1.29 bits per heavy atom. The summed E-state index contributed by atoms with van der Waals surface area (Å²) in [5.74, 6) is 1.23. The lowest BCUT2D eigenvalue weighted by molar-refractivity contribution is 0.374. The topological polar surface area (TPSA) is 67.3 Å². The normalized spacial score (nSPS) is 10.8. The molecule has 0 aliphatic heterocycles. The van der Waals surface area contributed by atoms with Crippen LogP contribution < -0.4 is 10.1 Å². The first-order chi connectivity index (χ1) is 8.11. The number of aromatic nitrogens is 2. The minimum atomic E-state index is 0.0780. The molecule has 1 aromatic heterocycles. The predicted molar refractivity (Wildman–Crippen MR) is 66.5 cm³/mol. The van der Waals surface area contributed by atoms with E-state index < -0.39 is 0 Å². The Labute approximate surface area is 99.5 Å². The summed E-state index contributed by atoms with van der Waals surface area (Å²) in [6, 6.07) is 3.57. The number of fused-ring (bicyclic) bond motifs is 1. The lowest BCUT2D eigenvalue weighted by Crippen LogP contribution is -2.11. The second-order valence-corrected chi connectivity index (χ2v) is 4.06. The fourth-order valence-corrected chi connectivity index (χ4v) is 1.62. The van der Waals surface area contributed by atoms with E-state index in [1.54, 1.807) is 12.1 Å². The smallest absolute Gasteiger partial charge is 0.161 e. The summed E-state index contributed by atoms with van der Waals surface area (Å²) in [6.07, 6.45) is 1.47. The summed E-state index contributed by atoms with van der Waals surface area (Å²) in [5.41, 5.74) is 0.682. The molecule has 0 atom stereocenters. The molecule has 0 saturated heterocycles. The maximum Gasteiger partial charge on any atom is 0.161 e. The molecule has 0 amide bonds. The number of methoxy groups -OCH3 is 1. The van der Waals surface area contributed by atoms with E-state index in [0.29, 0.717) is 11.3 Å². The number of hydrogen-bond donors (Lipinski definition) is 2. The standard InChI is InChI=1S/C12H15N3O2/c1-7(2)15-12-8-4-11(17-3)10(16)5-9(8)13-6-14-12/h4-7,16H,1-3H3,(H,13,14,15). The molecule has 0 aliphatic carbocycles. The molecule has 5 nitrogen and oxygen atoms in total. The van der Waals surface area contributed by atoms with Gasteiger partial charge in [-0.1, -0.05) is 0 Å². The number of phenolic OH excluding ortho intramolecular Hbond substituents is 1. The Balaban J connectivity index is 2.61. The molecule has 2 aromatic rings. The van der Waals surface area contributed by atoms with Gasteiger partial charge >= 0.3 is 0 Å². The Kier molecular flexibility index (Phi) is 2.99. The molecule has 0 saturated carbocycles. The second kappa shape index (κ2) is 4.45. The number of anilines is 1. The SMILES string of the molecule is COc1cc2c(NC(C)C)ncnc2cc1O. The highest BCUT2D eigenvalue weighted by atomic mass is 16.5. The van der Waals surface area contributed by atoms with Crippen molar-refractivity contribution < 1.29 is 9.84 Å². The van der Waals surface area contributed by atoms with Crippen molar-refractivity contribution in [3.8, 4) is 11.5 Å². The van der Waals surface area contributed by atoms with E-state index >= 15 is 0 Å². The van der Waals surface area contributed by atoms with E-state index in [1.807, 2.05) is 13.8 Å². The fourth-order valence-electron chi connectivity index (χ4n) is 1.62. The van der Waals surface area contributed by atoms with Crippen LogP contribution in [0.4, 0.5) is 5.82 Å². The van der Waals surface area contributed by atoms with Gasteiger partial charge in [0.15, 0.2) is 11.5 Å². The molecule has 1 heterocycles. The lowest BCUT2D eigenvalue weighted by atomic mass is 10.2. The van der Waals surface area contributed by atoms with Crippen molar-refractivity contribution in [1.29, 1.82) is 0 Å². The van der Waals surface area contributed by atoms with Crippen molar-refractivity contribution >= 4 is 16.7 Å². The van der Waals surface area contributed by atoms with Gasteiger partial charge in [0.2, 0.25) is 0 Å². The van der Waals surface area contributed by atoms with Gasteiger partial charge in [-0.2, -0.15) is 0 Å². The monoisotopic (exact) mass is 233 g/mol. The molecule has 2 N–H and O–H groups in total. The predicted octanol–water partition coefficient (Wildman–Crippen LogP) is 2.16. The van der Waals surface area contributed by atoms with Crippen LogP contribution in [0.3, 0.4) is 0 Å². The van der Waals surface area contributed by atoms with Crippen LogP contribution in [0, 0.1) is 0 Å². The number of rotatable bonds is 3. The molecule has 0 fully saturated rings. The molecule has 0 unspecified atom stereocenters. The summed E-state index contributed by atoms with van der Waals surface area (Å²) >= 11 is 0. The third kappa shape index (κ3) is 2.22. The van der Waals surface area contributed by atoms with Crippen LogP contribution in [0.1, 0.15) is 13.8 Å². The molecule has 90 valence electrons. The van der Waals surface area contributed by atoms with Crippen LogP contribution in [0.2, 0.25) is 0 Å². The quantitative estimate of drug-likeness (QED) is 0.850. The first-order valence-corrected chi connectivity index (χ1v) is 5.40. The van der Waals surface area contributed by atoms with Crippen LogP contribution >= 0.6 is 0 Å². The van der Waals surface area contributed by atoms with Crippen molar-refractivity contribution in [2.24, 2.45) is 0 Å². The van der Waals surface area contributed by atoms with E-state index in [1.165, 1.54) is 13.4 Å². The number of nitrogens with one attached hydrogen (secondary N) is 1. The first kappa shape index (κ1) is 11.4. The molecule has 0 spiro atoms. The third-order valence-electron chi connectivity index (χ3n) is 2.36. The van der Waals surface area contributed by atoms with Gasteiger partial charge in [-0.25, -0.2) is 9.97 Å². The molecule has 17 heavy (non-hydrogen) atoms. The zero-order valence-electron chi connectivity index (χ0n) is 10.1. The van der Waals surface area contributed by atoms with E-state index in [4.69, 9.17) is 4.74 Å². The van der Waals surface area contributed by atoms with Crippen LogP contribution in [-0.4, -0.2) is 28.2 Å². The number of benzene rings is 1. The van der Waals surface area contributed by atoms with Gasteiger partial charge in [0.1, 0.15) is 12.1 Å². The number of hydrogen-bond acceptors (Lipinski definition) is 5. The average molecular weight is 233 g/mol. The Morgan fingerprint density at radius 3 is 2.71 bits per heavy atom. The van der Waals surface area contributed by atoms with Gasteiger partial charge in [0, 0.05) is 17.5 Å². The van der Waals surface area contributed by atoms with Crippen LogP contribution in [0.15, 0.2) is 18.5 Å². The summed E-state index contributed by atoms with van der Waals surface area (Å²) in [7, 11) is 1.51. The molecule has 5 heteroatoms. The first-order valence-electron chi connectivity index (χ1n) is 5.40. The van der Waals surface area contributed by atoms with Gasteiger partial charge in [0.25, 0.3) is 0 Å². The minimum absolute atomic E-state index is 0.0780. The van der Waals surface area contributed by atoms with Gasteiger partial charge in [0.05, 0.1) is 12.6 Å². The number of phenols is 1. The van der Waals surface area contributed by atoms with E-state index in [2.05, 4.69) is 15.3 Å².